The van der Waals surface area contributed by atoms with Crippen molar-refractivity contribution in [1.29, 1.82) is 0 Å². The van der Waals surface area contributed by atoms with Gasteiger partial charge in [-0.05, 0) is 0 Å². The van der Waals surface area contributed by atoms with Gasteiger partial charge in [0.2, 0.25) is 5.91 Å². The standard InChI is InChI=1S/C9H17NO6/c1-15-5-3-10(2-4-11)8(12)6-16-7-9(13)14/h11H,2-7H2,1H3,(H,13,14). The van der Waals surface area contributed by atoms with Crippen LogP contribution in [0.25, 0.3) is 0 Å². The minimum absolute atomic E-state index is 0.158. The number of carboxylic acids is 1. The van der Waals surface area contributed by atoms with E-state index in [1.807, 2.05) is 0 Å². The summed E-state index contributed by atoms with van der Waals surface area (Å²) in [5, 5.41) is 17.0. The van der Waals surface area contributed by atoms with Crippen LogP contribution in [0.15, 0.2) is 0 Å². The van der Waals surface area contributed by atoms with Gasteiger partial charge in [0.1, 0.15) is 13.2 Å². The molecule has 0 aliphatic carbocycles. The number of hydrogen-bond acceptors (Lipinski definition) is 5. The number of aliphatic hydroxyl groups excluding tert-OH is 1. The van der Waals surface area contributed by atoms with Crippen LogP contribution in [-0.2, 0) is 19.1 Å². The molecule has 94 valence electrons. The highest BCUT2D eigenvalue weighted by Gasteiger charge is 2.13. The highest BCUT2D eigenvalue weighted by Crippen LogP contribution is 1.91. The van der Waals surface area contributed by atoms with Gasteiger partial charge in [-0.2, -0.15) is 0 Å². The maximum Gasteiger partial charge on any atom is 0.329 e. The van der Waals surface area contributed by atoms with E-state index in [0.717, 1.165) is 0 Å². The Morgan fingerprint density at radius 3 is 2.44 bits per heavy atom. The van der Waals surface area contributed by atoms with E-state index >= 15 is 0 Å². The number of carbonyl (C=O) groups excluding carboxylic acids is 1. The summed E-state index contributed by atoms with van der Waals surface area (Å²) < 4.78 is 9.45. The van der Waals surface area contributed by atoms with Crippen molar-refractivity contribution < 1.29 is 29.3 Å². The summed E-state index contributed by atoms with van der Waals surface area (Å²) in [4.78, 5) is 23.0. The Morgan fingerprint density at radius 1 is 1.25 bits per heavy atom. The molecule has 0 aliphatic heterocycles. The molecule has 7 heteroatoms. The van der Waals surface area contributed by atoms with Crippen molar-refractivity contribution in [2.24, 2.45) is 0 Å². The van der Waals surface area contributed by atoms with Crippen LogP contribution in [0.5, 0.6) is 0 Å². The molecule has 7 nitrogen and oxygen atoms in total. The van der Waals surface area contributed by atoms with Crippen LogP contribution in [-0.4, -0.2) is 73.6 Å². The molecule has 0 aromatic rings. The quantitative estimate of drug-likeness (QED) is 0.508. The summed E-state index contributed by atoms with van der Waals surface area (Å²) in [6, 6.07) is 0. The Labute approximate surface area is 93.6 Å². The number of carbonyl (C=O) groups is 2. The second-order valence-electron chi connectivity index (χ2n) is 2.98. The van der Waals surface area contributed by atoms with Crippen LogP contribution in [0.4, 0.5) is 0 Å². The average Bonchev–Trinajstić information content (AvgIpc) is 2.23. The van der Waals surface area contributed by atoms with Gasteiger partial charge in [-0.25, -0.2) is 4.79 Å². The molecular weight excluding hydrogens is 218 g/mol. The maximum absolute atomic E-state index is 11.5. The number of hydrogen-bond donors (Lipinski definition) is 2. The molecule has 0 saturated heterocycles. The Balaban J connectivity index is 3.90. The molecule has 0 aromatic carbocycles. The number of amides is 1. The summed E-state index contributed by atoms with van der Waals surface area (Å²) in [5.41, 5.74) is 0. The van der Waals surface area contributed by atoms with Gasteiger partial charge in [0.25, 0.3) is 0 Å². The van der Waals surface area contributed by atoms with Crippen LogP contribution in [0.2, 0.25) is 0 Å². The van der Waals surface area contributed by atoms with Crippen LogP contribution in [0.3, 0.4) is 0 Å². The number of methoxy groups -OCH3 is 1. The van der Waals surface area contributed by atoms with Crippen LogP contribution in [0.1, 0.15) is 0 Å². The number of carboxylic acid groups (broad SMARTS) is 1. The first-order valence-electron chi connectivity index (χ1n) is 4.79. The molecule has 0 rings (SSSR count). The van der Waals surface area contributed by atoms with Crippen molar-refractivity contribution in [2.75, 3.05) is 46.6 Å². The monoisotopic (exact) mass is 235 g/mol. The van der Waals surface area contributed by atoms with Gasteiger partial charge >= 0.3 is 5.97 Å². The Bertz CT molecular complexity index is 220. The lowest BCUT2D eigenvalue weighted by Gasteiger charge is -2.20. The van der Waals surface area contributed by atoms with Gasteiger partial charge in [0.15, 0.2) is 0 Å². The highest BCUT2D eigenvalue weighted by molar-refractivity contribution is 5.78. The van der Waals surface area contributed by atoms with Crippen molar-refractivity contribution in [3.8, 4) is 0 Å². The molecular formula is C9H17NO6. The predicted octanol–water partition coefficient (Wildman–Crippen LogP) is -1.45. The van der Waals surface area contributed by atoms with Gasteiger partial charge in [0, 0.05) is 20.2 Å². The zero-order valence-electron chi connectivity index (χ0n) is 9.22. The van der Waals surface area contributed by atoms with Crippen molar-refractivity contribution in [2.45, 2.75) is 0 Å². The van der Waals surface area contributed by atoms with Crippen molar-refractivity contribution in [3.63, 3.8) is 0 Å². The largest absolute Gasteiger partial charge is 0.480 e. The normalized spacial score (nSPS) is 10.1. The number of rotatable bonds is 9. The number of ether oxygens (including phenoxy) is 2. The number of nitrogens with zero attached hydrogens (tertiary/aromatic N) is 1. The lowest BCUT2D eigenvalue weighted by molar-refractivity contribution is -0.146. The molecule has 0 aliphatic rings. The summed E-state index contributed by atoms with van der Waals surface area (Å²) in [6.45, 7) is -0.108. The van der Waals surface area contributed by atoms with Crippen LogP contribution < -0.4 is 0 Å². The van der Waals surface area contributed by atoms with Gasteiger partial charge < -0.3 is 24.6 Å². The summed E-state index contributed by atoms with van der Waals surface area (Å²) in [5.74, 6) is -1.49. The molecule has 1 amide bonds. The first-order chi connectivity index (χ1) is 7.61. The third-order valence-electron chi connectivity index (χ3n) is 1.74. The second kappa shape index (κ2) is 9.08. The molecule has 0 bridgehead atoms. The van der Waals surface area contributed by atoms with E-state index in [1.165, 1.54) is 12.0 Å². The first-order valence-corrected chi connectivity index (χ1v) is 4.79. The topological polar surface area (TPSA) is 96.3 Å². The fourth-order valence-electron chi connectivity index (χ4n) is 1.00. The molecule has 0 radical (unpaired) electrons. The summed E-state index contributed by atoms with van der Waals surface area (Å²) in [7, 11) is 1.50. The molecule has 0 heterocycles. The summed E-state index contributed by atoms with van der Waals surface area (Å²) in [6.07, 6.45) is 0. The molecule has 0 saturated carbocycles. The molecule has 0 fully saturated rings. The molecule has 0 spiro atoms. The van der Waals surface area contributed by atoms with E-state index in [-0.39, 0.29) is 25.7 Å². The first kappa shape index (κ1) is 14.8. The number of aliphatic hydroxyl groups is 1. The van der Waals surface area contributed by atoms with Crippen molar-refractivity contribution >= 4 is 11.9 Å². The zero-order chi connectivity index (χ0) is 12.4. The van der Waals surface area contributed by atoms with Gasteiger partial charge in [-0.1, -0.05) is 0 Å². The summed E-state index contributed by atoms with van der Waals surface area (Å²) >= 11 is 0. The van der Waals surface area contributed by atoms with Gasteiger partial charge in [-0.15, -0.1) is 0 Å². The second-order valence-corrected chi connectivity index (χ2v) is 2.98. The van der Waals surface area contributed by atoms with Gasteiger partial charge in [-0.3, -0.25) is 4.79 Å². The highest BCUT2D eigenvalue weighted by atomic mass is 16.5. The van der Waals surface area contributed by atoms with Crippen LogP contribution >= 0.6 is 0 Å². The van der Waals surface area contributed by atoms with Gasteiger partial charge in [0.05, 0.1) is 13.2 Å². The van der Waals surface area contributed by atoms with Crippen molar-refractivity contribution in [1.82, 2.24) is 4.90 Å². The number of aliphatic carboxylic acids is 1. The minimum atomic E-state index is -1.13. The van der Waals surface area contributed by atoms with Crippen LogP contribution in [0, 0.1) is 0 Å². The maximum atomic E-state index is 11.5. The molecule has 0 atom stereocenters. The molecule has 0 aromatic heterocycles. The zero-order valence-corrected chi connectivity index (χ0v) is 9.22. The Kier molecular flexibility index (Phi) is 8.41. The third kappa shape index (κ3) is 7.16. The molecule has 0 unspecified atom stereocenters. The predicted molar refractivity (Wildman–Crippen MR) is 54.0 cm³/mol. The van der Waals surface area contributed by atoms with E-state index in [9.17, 15) is 9.59 Å². The average molecular weight is 235 g/mol. The van der Waals surface area contributed by atoms with E-state index in [1.54, 1.807) is 0 Å². The van der Waals surface area contributed by atoms with E-state index < -0.39 is 12.6 Å². The van der Waals surface area contributed by atoms with E-state index in [0.29, 0.717) is 13.2 Å². The third-order valence-corrected chi connectivity index (χ3v) is 1.74. The fraction of sp³-hybridized carbons (Fsp3) is 0.778. The Hall–Kier alpha value is -1.18. The minimum Gasteiger partial charge on any atom is -0.480 e. The molecule has 2 N–H and O–H groups in total. The SMILES string of the molecule is COCCN(CCO)C(=O)COCC(=O)O. The van der Waals surface area contributed by atoms with E-state index in [4.69, 9.17) is 14.9 Å². The smallest absolute Gasteiger partial charge is 0.329 e. The fourth-order valence-corrected chi connectivity index (χ4v) is 1.00. The lowest BCUT2D eigenvalue weighted by atomic mass is 10.4. The molecule has 16 heavy (non-hydrogen) atoms. The lowest BCUT2D eigenvalue weighted by Crippen LogP contribution is -2.38. The van der Waals surface area contributed by atoms with Crippen molar-refractivity contribution in [3.05, 3.63) is 0 Å². The van der Waals surface area contributed by atoms with E-state index in [2.05, 4.69) is 4.74 Å². The Morgan fingerprint density at radius 2 is 1.94 bits per heavy atom.